The quantitative estimate of drug-likeness (QED) is 0.910. The van der Waals surface area contributed by atoms with E-state index >= 15 is 0 Å². The van der Waals surface area contributed by atoms with Gasteiger partial charge in [0.2, 0.25) is 0 Å². The van der Waals surface area contributed by atoms with Crippen molar-refractivity contribution in [2.45, 2.75) is 26.0 Å². The van der Waals surface area contributed by atoms with Crippen molar-refractivity contribution in [1.29, 1.82) is 0 Å². The summed E-state index contributed by atoms with van der Waals surface area (Å²) in [7, 11) is 0. The van der Waals surface area contributed by atoms with Gasteiger partial charge in [-0.1, -0.05) is 18.2 Å². The van der Waals surface area contributed by atoms with Crippen LogP contribution in [-0.2, 0) is 13.0 Å². The van der Waals surface area contributed by atoms with E-state index in [1.54, 1.807) is 11.3 Å². The normalized spacial score (nSPS) is 16.1. The highest BCUT2D eigenvalue weighted by atomic mass is 32.1. The number of nitrogens with zero attached hydrogens (tertiary/aromatic N) is 1. The van der Waals surface area contributed by atoms with Gasteiger partial charge >= 0.3 is 6.03 Å². The molecule has 110 valence electrons. The molecule has 2 heterocycles. The molecule has 1 aromatic heterocycles. The van der Waals surface area contributed by atoms with E-state index < -0.39 is 0 Å². The number of hydrogen-bond donors (Lipinski definition) is 2. The fourth-order valence-corrected chi connectivity index (χ4v) is 2.99. The number of urea groups is 1. The van der Waals surface area contributed by atoms with E-state index in [1.165, 1.54) is 5.56 Å². The first-order valence-electron chi connectivity index (χ1n) is 6.88. The number of hydrogen-bond acceptors (Lipinski definition) is 4. The van der Waals surface area contributed by atoms with Gasteiger partial charge in [0.05, 0.1) is 13.1 Å². The SMILES string of the molecule is Cc1csc(CNC(=O)NCC2Cc3ccccc3O2)n1. The number of amides is 2. The third kappa shape index (κ3) is 3.52. The van der Waals surface area contributed by atoms with Crippen LogP contribution >= 0.6 is 11.3 Å². The van der Waals surface area contributed by atoms with E-state index in [2.05, 4.69) is 21.7 Å². The number of carbonyl (C=O) groups excluding carboxylic acids is 1. The maximum absolute atomic E-state index is 11.8. The lowest BCUT2D eigenvalue weighted by Gasteiger charge is -2.12. The highest BCUT2D eigenvalue weighted by molar-refractivity contribution is 7.09. The zero-order valence-electron chi connectivity index (χ0n) is 11.8. The van der Waals surface area contributed by atoms with Crippen molar-refractivity contribution >= 4 is 17.4 Å². The topological polar surface area (TPSA) is 63.2 Å². The molecule has 0 radical (unpaired) electrons. The standard InChI is InChI=1S/C15H17N3O2S/c1-10-9-21-14(18-10)8-17-15(19)16-7-12-6-11-4-2-3-5-13(11)20-12/h2-5,9,12H,6-8H2,1H3,(H2,16,17,19). The number of benzene rings is 1. The zero-order chi connectivity index (χ0) is 14.7. The lowest BCUT2D eigenvalue weighted by Crippen LogP contribution is -2.40. The van der Waals surface area contributed by atoms with Crippen LogP contribution in [0.1, 0.15) is 16.3 Å². The summed E-state index contributed by atoms with van der Waals surface area (Å²) in [5.41, 5.74) is 2.18. The molecule has 0 fully saturated rings. The van der Waals surface area contributed by atoms with Gasteiger partial charge in [-0.15, -0.1) is 11.3 Å². The van der Waals surface area contributed by atoms with Crippen molar-refractivity contribution < 1.29 is 9.53 Å². The molecule has 2 aromatic rings. The molecule has 2 amide bonds. The number of ether oxygens (including phenoxy) is 1. The van der Waals surface area contributed by atoms with Crippen LogP contribution in [0.25, 0.3) is 0 Å². The van der Waals surface area contributed by atoms with Crippen LogP contribution in [0.2, 0.25) is 0 Å². The van der Waals surface area contributed by atoms with E-state index in [1.807, 2.05) is 30.5 Å². The Bertz CT molecular complexity index is 616. The second-order valence-electron chi connectivity index (χ2n) is 5.00. The summed E-state index contributed by atoms with van der Waals surface area (Å²) in [6.07, 6.45) is 0.845. The molecule has 0 spiro atoms. The Labute approximate surface area is 127 Å². The molecule has 3 rings (SSSR count). The fraction of sp³-hybridized carbons (Fsp3) is 0.333. The molecule has 1 atom stereocenters. The number of fused-ring (bicyclic) bond motifs is 1. The Morgan fingerprint density at radius 3 is 3.05 bits per heavy atom. The van der Waals surface area contributed by atoms with Crippen LogP contribution in [0, 0.1) is 6.92 Å². The summed E-state index contributed by atoms with van der Waals surface area (Å²) in [5.74, 6) is 0.919. The minimum Gasteiger partial charge on any atom is -0.488 e. The highest BCUT2D eigenvalue weighted by Crippen LogP contribution is 2.27. The molecule has 1 aliphatic rings. The third-order valence-corrected chi connectivity index (χ3v) is 4.24. The summed E-state index contributed by atoms with van der Waals surface area (Å²) in [5, 5.41) is 8.52. The Morgan fingerprint density at radius 2 is 2.29 bits per heavy atom. The van der Waals surface area contributed by atoms with Crippen molar-refractivity contribution in [2.24, 2.45) is 0 Å². The summed E-state index contributed by atoms with van der Waals surface area (Å²) >= 11 is 1.55. The monoisotopic (exact) mass is 303 g/mol. The van der Waals surface area contributed by atoms with Gasteiger partial charge in [0, 0.05) is 17.5 Å². The Morgan fingerprint density at radius 1 is 1.43 bits per heavy atom. The van der Waals surface area contributed by atoms with Crippen molar-refractivity contribution in [2.75, 3.05) is 6.54 Å². The molecule has 21 heavy (non-hydrogen) atoms. The van der Waals surface area contributed by atoms with Crippen molar-refractivity contribution in [3.05, 3.63) is 45.9 Å². The molecular weight excluding hydrogens is 286 g/mol. The number of aromatic nitrogens is 1. The van der Waals surface area contributed by atoms with Crippen LogP contribution in [0.3, 0.4) is 0 Å². The van der Waals surface area contributed by atoms with Gasteiger partial charge < -0.3 is 15.4 Å². The summed E-state index contributed by atoms with van der Waals surface area (Å²) in [6.45, 7) is 2.89. The molecule has 2 N–H and O–H groups in total. The summed E-state index contributed by atoms with van der Waals surface area (Å²) in [6, 6.07) is 7.78. The van der Waals surface area contributed by atoms with E-state index in [4.69, 9.17) is 4.74 Å². The molecule has 1 aliphatic heterocycles. The van der Waals surface area contributed by atoms with E-state index in [0.29, 0.717) is 13.1 Å². The largest absolute Gasteiger partial charge is 0.488 e. The average Bonchev–Trinajstić information content (AvgIpc) is 3.08. The fourth-order valence-electron chi connectivity index (χ4n) is 2.28. The number of para-hydroxylation sites is 1. The molecule has 1 aromatic carbocycles. The lowest BCUT2D eigenvalue weighted by atomic mass is 10.1. The van der Waals surface area contributed by atoms with Crippen LogP contribution in [-0.4, -0.2) is 23.7 Å². The first kappa shape index (κ1) is 13.9. The molecule has 6 heteroatoms. The maximum atomic E-state index is 11.8. The molecule has 0 saturated heterocycles. The number of rotatable bonds is 4. The minimum absolute atomic E-state index is 0.00950. The Kier molecular flexibility index (Phi) is 4.06. The predicted molar refractivity (Wildman–Crippen MR) is 81.7 cm³/mol. The zero-order valence-corrected chi connectivity index (χ0v) is 12.6. The summed E-state index contributed by atoms with van der Waals surface area (Å²) < 4.78 is 5.77. The van der Waals surface area contributed by atoms with Gasteiger partial charge in [-0.3, -0.25) is 0 Å². The smallest absolute Gasteiger partial charge is 0.315 e. The number of thiazole rings is 1. The van der Waals surface area contributed by atoms with Crippen LogP contribution in [0.15, 0.2) is 29.6 Å². The first-order valence-corrected chi connectivity index (χ1v) is 7.76. The molecule has 5 nitrogen and oxygen atoms in total. The number of carbonyl (C=O) groups is 1. The molecule has 1 unspecified atom stereocenters. The first-order chi connectivity index (χ1) is 10.2. The van der Waals surface area contributed by atoms with Crippen LogP contribution in [0.5, 0.6) is 5.75 Å². The predicted octanol–water partition coefficient (Wildman–Crippen LogP) is 2.25. The van der Waals surface area contributed by atoms with Gasteiger partial charge in [0.15, 0.2) is 0 Å². The molecule has 0 saturated carbocycles. The maximum Gasteiger partial charge on any atom is 0.315 e. The van der Waals surface area contributed by atoms with E-state index in [9.17, 15) is 4.79 Å². The average molecular weight is 303 g/mol. The second-order valence-corrected chi connectivity index (χ2v) is 5.94. The number of nitrogens with one attached hydrogen (secondary N) is 2. The Balaban J connectivity index is 1.41. The highest BCUT2D eigenvalue weighted by Gasteiger charge is 2.22. The van der Waals surface area contributed by atoms with E-state index in [-0.39, 0.29) is 12.1 Å². The van der Waals surface area contributed by atoms with Crippen LogP contribution in [0.4, 0.5) is 4.79 Å². The van der Waals surface area contributed by atoms with Crippen molar-refractivity contribution in [3.63, 3.8) is 0 Å². The summed E-state index contributed by atoms with van der Waals surface area (Å²) in [4.78, 5) is 16.1. The minimum atomic E-state index is -0.192. The van der Waals surface area contributed by atoms with Gasteiger partial charge in [-0.05, 0) is 18.6 Å². The van der Waals surface area contributed by atoms with Gasteiger partial charge in [-0.25, -0.2) is 9.78 Å². The number of aryl methyl sites for hydroxylation is 1. The van der Waals surface area contributed by atoms with Crippen molar-refractivity contribution in [3.8, 4) is 5.75 Å². The Hall–Kier alpha value is -2.08. The van der Waals surface area contributed by atoms with Gasteiger partial charge in [0.1, 0.15) is 16.9 Å². The molecular formula is C15H17N3O2S. The second kappa shape index (κ2) is 6.13. The molecule has 0 bridgehead atoms. The van der Waals surface area contributed by atoms with Crippen LogP contribution < -0.4 is 15.4 Å². The van der Waals surface area contributed by atoms with Crippen molar-refractivity contribution in [1.82, 2.24) is 15.6 Å². The lowest BCUT2D eigenvalue weighted by molar-refractivity contribution is 0.214. The van der Waals surface area contributed by atoms with E-state index in [0.717, 1.165) is 22.9 Å². The molecule has 0 aliphatic carbocycles. The van der Waals surface area contributed by atoms with Gasteiger partial charge in [0.25, 0.3) is 0 Å². The third-order valence-electron chi connectivity index (χ3n) is 3.27. The van der Waals surface area contributed by atoms with Gasteiger partial charge in [-0.2, -0.15) is 0 Å².